The number of aromatic amines is 1. The van der Waals surface area contributed by atoms with E-state index in [0.29, 0.717) is 0 Å². The summed E-state index contributed by atoms with van der Waals surface area (Å²) in [6, 6.07) is 14.3. The van der Waals surface area contributed by atoms with Crippen molar-refractivity contribution in [2.45, 2.75) is 6.92 Å². The molecule has 19 heavy (non-hydrogen) atoms. The molecule has 0 spiro atoms. The molecular formula is C15H12N4. The van der Waals surface area contributed by atoms with Crippen molar-refractivity contribution < 1.29 is 0 Å². The molecule has 0 saturated carbocycles. The van der Waals surface area contributed by atoms with Crippen LogP contribution in [0.25, 0.3) is 27.9 Å². The number of H-pyrrole nitrogens is 1. The zero-order chi connectivity index (χ0) is 12.8. The van der Waals surface area contributed by atoms with E-state index in [1.54, 1.807) is 0 Å². The molecule has 1 N–H and O–H groups in total. The number of aryl methyl sites for hydroxylation is 1. The normalized spacial score (nSPS) is 11.4. The molecule has 4 nitrogen and oxygen atoms in total. The highest BCUT2D eigenvalue weighted by Gasteiger charge is 2.08. The molecule has 0 aliphatic rings. The first kappa shape index (κ1) is 10.3. The van der Waals surface area contributed by atoms with Gasteiger partial charge in [0.2, 0.25) is 5.95 Å². The molecule has 0 unspecified atom stereocenters. The van der Waals surface area contributed by atoms with Gasteiger partial charge >= 0.3 is 0 Å². The van der Waals surface area contributed by atoms with E-state index in [4.69, 9.17) is 0 Å². The molecule has 0 radical (unpaired) electrons. The largest absolute Gasteiger partial charge is 0.322 e. The Hall–Kier alpha value is -2.62. The van der Waals surface area contributed by atoms with Crippen LogP contribution in [-0.4, -0.2) is 19.7 Å². The number of benzene rings is 2. The molecule has 2 aromatic heterocycles. The molecule has 0 amide bonds. The number of para-hydroxylation sites is 1. The van der Waals surface area contributed by atoms with Crippen molar-refractivity contribution in [2.75, 3.05) is 0 Å². The lowest BCUT2D eigenvalue weighted by Crippen LogP contribution is -1.97. The summed E-state index contributed by atoms with van der Waals surface area (Å²) >= 11 is 0. The van der Waals surface area contributed by atoms with Gasteiger partial charge in [-0.1, -0.05) is 24.3 Å². The summed E-state index contributed by atoms with van der Waals surface area (Å²) in [5, 5.41) is 5.52. The number of hydrogen-bond donors (Lipinski definition) is 1. The molecule has 0 bridgehead atoms. The Kier molecular flexibility index (Phi) is 2.00. The van der Waals surface area contributed by atoms with Gasteiger partial charge in [-0.2, -0.15) is 9.78 Å². The maximum Gasteiger partial charge on any atom is 0.229 e. The minimum atomic E-state index is 0.752. The van der Waals surface area contributed by atoms with Crippen LogP contribution in [0.1, 0.15) is 5.56 Å². The van der Waals surface area contributed by atoms with Crippen molar-refractivity contribution in [1.29, 1.82) is 0 Å². The summed E-state index contributed by atoms with van der Waals surface area (Å²) in [4.78, 5) is 7.91. The maximum atomic E-state index is 4.59. The second-order valence-electron chi connectivity index (χ2n) is 4.70. The molecule has 0 atom stereocenters. The predicted molar refractivity (Wildman–Crippen MR) is 75.5 cm³/mol. The summed E-state index contributed by atoms with van der Waals surface area (Å²) in [7, 11) is 0. The minimum absolute atomic E-state index is 0.752. The smallest absolute Gasteiger partial charge is 0.229 e. The van der Waals surface area contributed by atoms with Crippen molar-refractivity contribution in [3.63, 3.8) is 0 Å². The van der Waals surface area contributed by atoms with Gasteiger partial charge in [0.25, 0.3) is 0 Å². The quantitative estimate of drug-likeness (QED) is 0.562. The number of rotatable bonds is 1. The molecule has 0 aliphatic heterocycles. The fourth-order valence-corrected chi connectivity index (χ4v) is 2.35. The third kappa shape index (κ3) is 1.53. The molecule has 4 rings (SSSR count). The first-order valence-corrected chi connectivity index (χ1v) is 6.21. The van der Waals surface area contributed by atoms with Gasteiger partial charge in [-0.05, 0) is 30.7 Å². The molecule has 0 aliphatic carbocycles. The van der Waals surface area contributed by atoms with Gasteiger partial charge in [0.15, 0.2) is 0 Å². The standard InChI is InChI=1S/C15H12N4/c1-10-6-7-12-13(8-10)18-15(17-12)19-14-5-3-2-4-11(14)9-16-19/h2-9H,1H3,(H,17,18). The van der Waals surface area contributed by atoms with E-state index in [1.165, 1.54) is 5.56 Å². The van der Waals surface area contributed by atoms with E-state index >= 15 is 0 Å². The van der Waals surface area contributed by atoms with Gasteiger partial charge in [0.05, 0.1) is 22.7 Å². The van der Waals surface area contributed by atoms with Crippen molar-refractivity contribution >= 4 is 21.9 Å². The van der Waals surface area contributed by atoms with Crippen molar-refractivity contribution in [2.24, 2.45) is 0 Å². The Morgan fingerprint density at radius 1 is 1.11 bits per heavy atom. The van der Waals surface area contributed by atoms with Crippen LogP contribution >= 0.6 is 0 Å². The summed E-state index contributed by atoms with van der Waals surface area (Å²) in [6.45, 7) is 2.07. The Morgan fingerprint density at radius 2 is 2.00 bits per heavy atom. The zero-order valence-electron chi connectivity index (χ0n) is 10.5. The van der Waals surface area contributed by atoms with Crippen LogP contribution in [-0.2, 0) is 0 Å². The van der Waals surface area contributed by atoms with Crippen LogP contribution in [0.4, 0.5) is 0 Å². The van der Waals surface area contributed by atoms with E-state index < -0.39 is 0 Å². The third-order valence-electron chi connectivity index (χ3n) is 3.30. The average Bonchev–Trinajstić information content (AvgIpc) is 3.00. The van der Waals surface area contributed by atoms with E-state index in [2.05, 4.69) is 34.1 Å². The number of nitrogens with zero attached hydrogens (tertiary/aromatic N) is 3. The third-order valence-corrected chi connectivity index (χ3v) is 3.30. The van der Waals surface area contributed by atoms with Crippen LogP contribution in [0.2, 0.25) is 0 Å². The van der Waals surface area contributed by atoms with Gasteiger partial charge in [-0.15, -0.1) is 0 Å². The summed E-state index contributed by atoms with van der Waals surface area (Å²) < 4.78 is 1.84. The fourth-order valence-electron chi connectivity index (χ4n) is 2.35. The first-order valence-electron chi connectivity index (χ1n) is 6.21. The molecule has 2 aromatic carbocycles. The van der Waals surface area contributed by atoms with Crippen molar-refractivity contribution in [3.8, 4) is 5.95 Å². The van der Waals surface area contributed by atoms with E-state index in [-0.39, 0.29) is 0 Å². The molecule has 4 aromatic rings. The number of nitrogens with one attached hydrogen (secondary N) is 1. The highest BCUT2D eigenvalue weighted by molar-refractivity contribution is 5.81. The number of imidazole rings is 1. The Morgan fingerprint density at radius 3 is 2.95 bits per heavy atom. The topological polar surface area (TPSA) is 46.5 Å². The SMILES string of the molecule is Cc1ccc2nc(-n3ncc4ccccc43)[nH]c2c1. The van der Waals surface area contributed by atoms with Gasteiger partial charge in [-0.3, -0.25) is 0 Å². The number of fused-ring (bicyclic) bond motifs is 2. The molecule has 92 valence electrons. The van der Waals surface area contributed by atoms with E-state index in [1.807, 2.05) is 41.2 Å². The monoisotopic (exact) mass is 248 g/mol. The maximum absolute atomic E-state index is 4.59. The number of hydrogen-bond acceptors (Lipinski definition) is 2. The first-order chi connectivity index (χ1) is 9.31. The molecule has 2 heterocycles. The van der Waals surface area contributed by atoms with Crippen LogP contribution < -0.4 is 0 Å². The van der Waals surface area contributed by atoms with E-state index in [0.717, 1.165) is 27.9 Å². The number of aromatic nitrogens is 4. The molecule has 4 heteroatoms. The lowest BCUT2D eigenvalue weighted by Gasteiger charge is -1.97. The molecule has 0 fully saturated rings. The molecular weight excluding hydrogens is 236 g/mol. The van der Waals surface area contributed by atoms with Crippen molar-refractivity contribution in [3.05, 3.63) is 54.2 Å². The lowest BCUT2D eigenvalue weighted by atomic mass is 10.2. The molecule has 0 saturated heterocycles. The minimum Gasteiger partial charge on any atom is -0.322 e. The van der Waals surface area contributed by atoms with Gasteiger partial charge in [-0.25, -0.2) is 4.98 Å². The Labute approximate surface area is 109 Å². The van der Waals surface area contributed by atoms with E-state index in [9.17, 15) is 0 Å². The highest BCUT2D eigenvalue weighted by Crippen LogP contribution is 2.19. The van der Waals surface area contributed by atoms with Crippen molar-refractivity contribution in [1.82, 2.24) is 19.7 Å². The summed E-state index contributed by atoms with van der Waals surface area (Å²) in [6.07, 6.45) is 1.85. The zero-order valence-corrected chi connectivity index (χ0v) is 10.5. The van der Waals surface area contributed by atoms with Crippen LogP contribution in [0, 0.1) is 6.92 Å². The Balaban J connectivity index is 1.99. The predicted octanol–water partition coefficient (Wildman–Crippen LogP) is 3.21. The summed E-state index contributed by atoms with van der Waals surface area (Å²) in [5.74, 6) is 0.752. The van der Waals surface area contributed by atoms with Gasteiger partial charge < -0.3 is 4.98 Å². The van der Waals surface area contributed by atoms with Crippen LogP contribution in [0.3, 0.4) is 0 Å². The van der Waals surface area contributed by atoms with Gasteiger partial charge in [0, 0.05) is 5.39 Å². The highest BCUT2D eigenvalue weighted by atomic mass is 15.3. The lowest BCUT2D eigenvalue weighted by molar-refractivity contribution is 0.856. The second kappa shape index (κ2) is 3.68. The van der Waals surface area contributed by atoms with Gasteiger partial charge in [0.1, 0.15) is 0 Å². The van der Waals surface area contributed by atoms with Crippen LogP contribution in [0.5, 0.6) is 0 Å². The second-order valence-corrected chi connectivity index (χ2v) is 4.70. The van der Waals surface area contributed by atoms with Crippen LogP contribution in [0.15, 0.2) is 48.7 Å². The fraction of sp³-hybridized carbons (Fsp3) is 0.0667. The summed E-state index contributed by atoms with van der Waals surface area (Å²) in [5.41, 5.74) is 4.26. The Bertz CT molecular complexity index is 885. The average molecular weight is 248 g/mol.